The van der Waals surface area contributed by atoms with Gasteiger partial charge >= 0.3 is 5.69 Å². The van der Waals surface area contributed by atoms with Crippen molar-refractivity contribution >= 4 is 16.9 Å². The van der Waals surface area contributed by atoms with Crippen LogP contribution in [0, 0.1) is 0 Å². The second-order valence-electron chi connectivity index (χ2n) is 6.15. The van der Waals surface area contributed by atoms with Gasteiger partial charge in [0.15, 0.2) is 0 Å². The van der Waals surface area contributed by atoms with E-state index in [0.29, 0.717) is 24.9 Å². The summed E-state index contributed by atoms with van der Waals surface area (Å²) in [5.41, 5.74) is 2.21. The lowest BCUT2D eigenvalue weighted by molar-refractivity contribution is 0.0933. The maximum Gasteiger partial charge on any atom is 0.343 e. The van der Waals surface area contributed by atoms with Crippen LogP contribution in [-0.2, 0) is 20.0 Å². The summed E-state index contributed by atoms with van der Waals surface area (Å²) >= 11 is 0. The number of H-pyrrole nitrogens is 1. The first-order valence-electron chi connectivity index (χ1n) is 7.98. The Morgan fingerprint density at radius 3 is 3.12 bits per heavy atom. The van der Waals surface area contributed by atoms with Gasteiger partial charge in [0.25, 0.3) is 5.91 Å². The molecule has 3 heterocycles. The van der Waals surface area contributed by atoms with Crippen molar-refractivity contribution in [2.45, 2.75) is 31.8 Å². The third-order valence-corrected chi connectivity index (χ3v) is 4.58. The zero-order valence-electron chi connectivity index (χ0n) is 13.3. The average Bonchev–Trinajstić information content (AvgIpc) is 3.05. The number of amides is 1. The Bertz CT molecular complexity index is 967. The Balaban J connectivity index is 1.48. The Hall–Kier alpha value is -2.90. The molecular weight excluding hydrogens is 308 g/mol. The number of aryl methyl sites for hydroxylation is 2. The summed E-state index contributed by atoms with van der Waals surface area (Å²) in [7, 11) is 1.92. The molecule has 1 aliphatic rings. The number of carbonyl (C=O) groups is 1. The van der Waals surface area contributed by atoms with E-state index < -0.39 is 0 Å². The average molecular weight is 326 g/mol. The monoisotopic (exact) mass is 326 g/mol. The molecule has 0 spiro atoms. The highest BCUT2D eigenvalue weighted by Crippen LogP contribution is 2.15. The molecule has 1 aliphatic heterocycles. The number of aromatic amines is 1. The summed E-state index contributed by atoms with van der Waals surface area (Å²) in [6.07, 6.45) is 3.88. The van der Waals surface area contributed by atoms with Gasteiger partial charge in [0.1, 0.15) is 5.82 Å². The number of carbonyl (C=O) groups excluding carboxylic acids is 1. The maximum atomic E-state index is 12.5. The molecule has 3 aromatic rings. The second kappa shape index (κ2) is 5.63. The zero-order valence-corrected chi connectivity index (χ0v) is 13.3. The maximum absolute atomic E-state index is 12.5. The second-order valence-corrected chi connectivity index (χ2v) is 6.15. The van der Waals surface area contributed by atoms with Crippen molar-refractivity contribution in [3.05, 3.63) is 46.4 Å². The van der Waals surface area contributed by atoms with Gasteiger partial charge in [0, 0.05) is 31.6 Å². The number of hydrogen-bond acceptors (Lipinski definition) is 4. The lowest BCUT2D eigenvalue weighted by atomic mass is 10.1. The van der Waals surface area contributed by atoms with E-state index in [0.717, 1.165) is 23.3 Å². The normalized spacial score (nSPS) is 17.5. The number of aromatic nitrogens is 5. The molecule has 4 rings (SSSR count). The number of imidazole rings is 1. The molecule has 0 radical (unpaired) electrons. The van der Waals surface area contributed by atoms with Crippen LogP contribution in [0.3, 0.4) is 0 Å². The van der Waals surface area contributed by atoms with Crippen molar-refractivity contribution in [1.29, 1.82) is 0 Å². The van der Waals surface area contributed by atoms with Crippen molar-refractivity contribution in [2.24, 2.45) is 7.05 Å². The molecule has 0 fully saturated rings. The molecule has 24 heavy (non-hydrogen) atoms. The molecule has 0 saturated carbocycles. The topological polar surface area (TPSA) is 97.6 Å². The minimum Gasteiger partial charge on any atom is -0.349 e. The van der Waals surface area contributed by atoms with E-state index in [1.807, 2.05) is 23.7 Å². The molecule has 0 bridgehead atoms. The van der Waals surface area contributed by atoms with Crippen LogP contribution in [0.1, 0.15) is 29.0 Å². The Morgan fingerprint density at radius 2 is 2.25 bits per heavy atom. The van der Waals surface area contributed by atoms with Crippen molar-refractivity contribution in [3.8, 4) is 0 Å². The van der Waals surface area contributed by atoms with Gasteiger partial charge < -0.3 is 9.88 Å². The van der Waals surface area contributed by atoms with Crippen LogP contribution in [0.2, 0.25) is 0 Å². The molecule has 0 aliphatic carbocycles. The number of benzene rings is 1. The van der Waals surface area contributed by atoms with Gasteiger partial charge in [-0.1, -0.05) is 0 Å². The Labute approximate surface area is 137 Å². The number of rotatable bonds is 2. The van der Waals surface area contributed by atoms with Gasteiger partial charge in [-0.2, -0.15) is 5.10 Å². The van der Waals surface area contributed by atoms with Gasteiger partial charge in [-0.15, -0.1) is 0 Å². The van der Waals surface area contributed by atoms with Crippen LogP contribution in [-0.4, -0.2) is 36.3 Å². The molecule has 2 aromatic heterocycles. The fourth-order valence-electron chi connectivity index (χ4n) is 3.19. The van der Waals surface area contributed by atoms with Crippen LogP contribution < -0.4 is 11.0 Å². The summed E-state index contributed by atoms with van der Waals surface area (Å²) in [6.45, 7) is 0.564. The molecule has 124 valence electrons. The van der Waals surface area contributed by atoms with Crippen LogP contribution >= 0.6 is 0 Å². The molecular formula is C16H18N6O2. The highest BCUT2D eigenvalue weighted by molar-refractivity contribution is 5.97. The van der Waals surface area contributed by atoms with Crippen molar-refractivity contribution in [3.63, 3.8) is 0 Å². The first kappa shape index (κ1) is 14.7. The molecule has 8 heteroatoms. The van der Waals surface area contributed by atoms with Crippen molar-refractivity contribution in [2.75, 3.05) is 0 Å². The number of fused-ring (bicyclic) bond motifs is 2. The molecule has 0 saturated heterocycles. The summed E-state index contributed by atoms with van der Waals surface area (Å²) in [4.78, 5) is 28.4. The Kier molecular flexibility index (Phi) is 3.44. The lowest BCUT2D eigenvalue weighted by Gasteiger charge is -2.16. The van der Waals surface area contributed by atoms with Gasteiger partial charge in [-0.25, -0.2) is 14.9 Å². The third kappa shape index (κ3) is 2.49. The first-order chi connectivity index (χ1) is 11.6. The lowest BCUT2D eigenvalue weighted by Crippen LogP contribution is -2.35. The molecule has 8 nitrogen and oxygen atoms in total. The van der Waals surface area contributed by atoms with Gasteiger partial charge in [-0.05, 0) is 31.0 Å². The summed E-state index contributed by atoms with van der Waals surface area (Å²) in [5.74, 6) is 0.646. The minimum absolute atomic E-state index is 0.0260. The van der Waals surface area contributed by atoms with Gasteiger partial charge in [0.05, 0.1) is 17.4 Å². The van der Waals surface area contributed by atoms with Crippen LogP contribution in [0.25, 0.3) is 11.0 Å². The van der Waals surface area contributed by atoms with E-state index >= 15 is 0 Å². The summed E-state index contributed by atoms with van der Waals surface area (Å²) in [5, 5.41) is 9.56. The molecule has 1 unspecified atom stereocenters. The van der Waals surface area contributed by atoms with E-state index in [1.165, 1.54) is 0 Å². The van der Waals surface area contributed by atoms with Gasteiger partial charge in [0.2, 0.25) is 0 Å². The number of nitrogens with zero attached hydrogens (tertiary/aromatic N) is 4. The quantitative estimate of drug-likeness (QED) is 0.720. The number of nitrogens with one attached hydrogen (secondary N) is 2. The fourth-order valence-corrected chi connectivity index (χ4v) is 3.19. The summed E-state index contributed by atoms with van der Waals surface area (Å²) < 4.78 is 3.56. The molecule has 2 N–H and O–H groups in total. The molecule has 1 amide bonds. The van der Waals surface area contributed by atoms with Crippen LogP contribution in [0.15, 0.2) is 29.3 Å². The van der Waals surface area contributed by atoms with Gasteiger partial charge in [-0.3, -0.25) is 9.36 Å². The largest absolute Gasteiger partial charge is 0.349 e. The fraction of sp³-hybridized carbons (Fsp3) is 0.375. The van der Waals surface area contributed by atoms with E-state index in [2.05, 4.69) is 20.5 Å². The highest BCUT2D eigenvalue weighted by Gasteiger charge is 2.21. The predicted molar refractivity (Wildman–Crippen MR) is 87.8 cm³/mol. The van der Waals surface area contributed by atoms with E-state index in [9.17, 15) is 9.59 Å². The van der Waals surface area contributed by atoms with Crippen molar-refractivity contribution < 1.29 is 4.79 Å². The first-order valence-corrected chi connectivity index (χ1v) is 7.98. The van der Waals surface area contributed by atoms with Crippen LogP contribution in [0.5, 0.6) is 0 Å². The number of hydrogen-bond donors (Lipinski definition) is 2. The minimum atomic E-state index is -0.183. The van der Waals surface area contributed by atoms with Crippen LogP contribution in [0.4, 0.5) is 0 Å². The predicted octanol–water partition coefficient (Wildman–Crippen LogP) is 0.593. The zero-order chi connectivity index (χ0) is 16.7. The Morgan fingerprint density at radius 1 is 1.38 bits per heavy atom. The van der Waals surface area contributed by atoms with Crippen molar-refractivity contribution in [1.82, 2.24) is 29.6 Å². The SMILES string of the molecule is Cn1cnc2cc(C(=O)NC3CCc4n[nH]c(=O)n4CC3)ccc21. The van der Waals surface area contributed by atoms with E-state index in [1.54, 1.807) is 17.0 Å². The molecule has 1 atom stereocenters. The molecule has 1 aromatic carbocycles. The summed E-state index contributed by atoms with van der Waals surface area (Å²) in [6, 6.07) is 5.54. The highest BCUT2D eigenvalue weighted by atomic mass is 16.2. The third-order valence-electron chi connectivity index (χ3n) is 4.58. The smallest absolute Gasteiger partial charge is 0.343 e. The standard InChI is InChI=1S/C16H18N6O2/c1-21-9-17-12-8-10(2-4-13(12)21)15(23)18-11-3-5-14-19-20-16(24)22(14)7-6-11/h2,4,8-9,11H,3,5-7H2,1H3,(H,18,23)(H,20,24). The van der Waals surface area contributed by atoms with E-state index in [-0.39, 0.29) is 17.6 Å². The van der Waals surface area contributed by atoms with E-state index in [4.69, 9.17) is 0 Å².